The average molecular weight is 270 g/mol. The largest absolute Gasteiger partial charge is 0.340 e. The van der Waals surface area contributed by atoms with Crippen molar-refractivity contribution in [3.63, 3.8) is 0 Å². The summed E-state index contributed by atoms with van der Waals surface area (Å²) in [6.45, 7) is 0.960. The van der Waals surface area contributed by atoms with Crippen molar-refractivity contribution in [2.24, 2.45) is 0 Å². The number of nitrogens with zero attached hydrogens (tertiary/aromatic N) is 1. The number of alkyl halides is 1. The highest BCUT2D eigenvalue weighted by Gasteiger charge is 2.09. The standard InChI is InChI=1S/C17H16ClN/c18-11-6-12-19-16-10-5-4-9-15(16)13-17(19)14-7-2-1-3-8-14/h1-5,7-10,13H,6,11-12H2. The maximum Gasteiger partial charge on any atom is 0.0491 e. The average Bonchev–Trinajstić information content (AvgIpc) is 2.85. The summed E-state index contributed by atoms with van der Waals surface area (Å²) in [5.41, 5.74) is 3.81. The Morgan fingerprint density at radius 1 is 0.895 bits per heavy atom. The highest BCUT2D eigenvalue weighted by molar-refractivity contribution is 6.17. The SMILES string of the molecule is ClCCCn1c(-c2ccccc2)cc2ccccc21. The molecule has 0 aliphatic rings. The van der Waals surface area contributed by atoms with Crippen molar-refractivity contribution in [2.75, 3.05) is 5.88 Å². The van der Waals surface area contributed by atoms with E-state index in [1.54, 1.807) is 0 Å². The number of aromatic nitrogens is 1. The van der Waals surface area contributed by atoms with Gasteiger partial charge in [-0.2, -0.15) is 0 Å². The first kappa shape index (κ1) is 12.3. The molecule has 2 aromatic carbocycles. The van der Waals surface area contributed by atoms with E-state index in [-0.39, 0.29) is 0 Å². The Labute approximate surface area is 118 Å². The van der Waals surface area contributed by atoms with E-state index in [0.717, 1.165) is 13.0 Å². The topological polar surface area (TPSA) is 4.93 Å². The van der Waals surface area contributed by atoms with E-state index in [4.69, 9.17) is 11.6 Å². The van der Waals surface area contributed by atoms with Crippen molar-refractivity contribution in [1.29, 1.82) is 0 Å². The van der Waals surface area contributed by atoms with E-state index in [0.29, 0.717) is 5.88 Å². The molecule has 1 heterocycles. The van der Waals surface area contributed by atoms with Crippen LogP contribution in [-0.4, -0.2) is 10.4 Å². The fourth-order valence-electron chi connectivity index (χ4n) is 2.52. The van der Waals surface area contributed by atoms with Gasteiger partial charge in [0, 0.05) is 29.0 Å². The summed E-state index contributed by atoms with van der Waals surface area (Å²) in [5.74, 6) is 0.695. The number of hydrogen-bond acceptors (Lipinski definition) is 0. The van der Waals surface area contributed by atoms with E-state index in [1.165, 1.54) is 22.2 Å². The molecule has 0 aliphatic heterocycles. The maximum absolute atomic E-state index is 5.85. The van der Waals surface area contributed by atoms with Gasteiger partial charge in [-0.25, -0.2) is 0 Å². The molecule has 0 N–H and O–H groups in total. The highest BCUT2D eigenvalue weighted by atomic mass is 35.5. The Morgan fingerprint density at radius 2 is 1.63 bits per heavy atom. The molecule has 1 nitrogen and oxygen atoms in total. The Morgan fingerprint density at radius 3 is 2.42 bits per heavy atom. The van der Waals surface area contributed by atoms with Gasteiger partial charge in [0.2, 0.25) is 0 Å². The molecular weight excluding hydrogens is 254 g/mol. The van der Waals surface area contributed by atoms with Crippen LogP contribution in [0.5, 0.6) is 0 Å². The number of halogens is 1. The zero-order valence-corrected chi connectivity index (χ0v) is 11.5. The van der Waals surface area contributed by atoms with Gasteiger partial charge in [-0.05, 0) is 24.1 Å². The predicted octanol–water partition coefficient (Wildman–Crippen LogP) is 4.94. The lowest BCUT2D eigenvalue weighted by molar-refractivity contribution is 0.713. The van der Waals surface area contributed by atoms with E-state index in [2.05, 4.69) is 65.2 Å². The lowest BCUT2D eigenvalue weighted by atomic mass is 10.1. The van der Waals surface area contributed by atoms with Crippen LogP contribution in [0.1, 0.15) is 6.42 Å². The van der Waals surface area contributed by atoms with Crippen LogP contribution in [0.15, 0.2) is 60.7 Å². The molecule has 3 rings (SSSR count). The highest BCUT2D eigenvalue weighted by Crippen LogP contribution is 2.28. The monoisotopic (exact) mass is 269 g/mol. The Kier molecular flexibility index (Phi) is 3.56. The molecule has 96 valence electrons. The van der Waals surface area contributed by atoms with Crippen LogP contribution in [0.3, 0.4) is 0 Å². The minimum absolute atomic E-state index is 0.695. The Balaban J connectivity index is 2.17. The maximum atomic E-state index is 5.85. The van der Waals surface area contributed by atoms with Crippen LogP contribution in [0.25, 0.3) is 22.2 Å². The first-order valence-electron chi connectivity index (χ1n) is 6.60. The van der Waals surface area contributed by atoms with Crippen LogP contribution in [0.2, 0.25) is 0 Å². The van der Waals surface area contributed by atoms with Crippen LogP contribution < -0.4 is 0 Å². The molecule has 0 saturated heterocycles. The molecule has 0 bridgehead atoms. The molecule has 1 aromatic heterocycles. The van der Waals surface area contributed by atoms with Crippen LogP contribution in [0, 0.1) is 0 Å². The minimum atomic E-state index is 0.695. The molecule has 19 heavy (non-hydrogen) atoms. The number of aryl methyl sites for hydroxylation is 1. The minimum Gasteiger partial charge on any atom is -0.340 e. The molecule has 0 amide bonds. The lowest BCUT2D eigenvalue weighted by Gasteiger charge is -2.10. The smallest absolute Gasteiger partial charge is 0.0491 e. The predicted molar refractivity (Wildman–Crippen MR) is 82.7 cm³/mol. The first-order chi connectivity index (χ1) is 9.40. The van der Waals surface area contributed by atoms with Crippen molar-refractivity contribution in [3.8, 4) is 11.3 Å². The molecule has 3 aromatic rings. The summed E-state index contributed by atoms with van der Waals surface area (Å²) in [5, 5.41) is 1.29. The Hall–Kier alpha value is -1.73. The third kappa shape index (κ3) is 2.39. The normalized spacial score (nSPS) is 11.0. The van der Waals surface area contributed by atoms with E-state index >= 15 is 0 Å². The molecule has 0 aliphatic carbocycles. The molecule has 2 heteroatoms. The van der Waals surface area contributed by atoms with Crippen molar-refractivity contribution >= 4 is 22.5 Å². The number of benzene rings is 2. The second-order valence-electron chi connectivity index (χ2n) is 4.65. The van der Waals surface area contributed by atoms with Crippen molar-refractivity contribution in [2.45, 2.75) is 13.0 Å². The summed E-state index contributed by atoms with van der Waals surface area (Å²) in [4.78, 5) is 0. The van der Waals surface area contributed by atoms with Crippen molar-refractivity contribution < 1.29 is 0 Å². The number of rotatable bonds is 4. The van der Waals surface area contributed by atoms with E-state index in [1.807, 2.05) is 0 Å². The summed E-state index contributed by atoms with van der Waals surface area (Å²) in [6.07, 6.45) is 0.986. The lowest BCUT2D eigenvalue weighted by Crippen LogP contribution is -2.00. The van der Waals surface area contributed by atoms with Crippen LogP contribution in [0.4, 0.5) is 0 Å². The van der Waals surface area contributed by atoms with Crippen molar-refractivity contribution in [1.82, 2.24) is 4.57 Å². The fourth-order valence-corrected chi connectivity index (χ4v) is 2.64. The van der Waals surface area contributed by atoms with Gasteiger partial charge in [-0.15, -0.1) is 11.6 Å². The Bertz CT molecular complexity index is 670. The van der Waals surface area contributed by atoms with Crippen molar-refractivity contribution in [3.05, 3.63) is 60.7 Å². The molecular formula is C17H16ClN. The zero-order chi connectivity index (χ0) is 13.1. The molecule has 0 fully saturated rings. The molecule has 0 radical (unpaired) electrons. The summed E-state index contributed by atoms with van der Waals surface area (Å²) in [7, 11) is 0. The quantitative estimate of drug-likeness (QED) is 0.592. The first-order valence-corrected chi connectivity index (χ1v) is 7.13. The van der Waals surface area contributed by atoms with Gasteiger partial charge in [0.15, 0.2) is 0 Å². The van der Waals surface area contributed by atoms with Gasteiger partial charge < -0.3 is 4.57 Å². The third-order valence-corrected chi connectivity index (χ3v) is 3.66. The summed E-state index contributed by atoms with van der Waals surface area (Å²) < 4.78 is 2.37. The third-order valence-electron chi connectivity index (χ3n) is 3.40. The van der Waals surface area contributed by atoms with E-state index in [9.17, 15) is 0 Å². The number of fused-ring (bicyclic) bond motifs is 1. The summed E-state index contributed by atoms with van der Waals surface area (Å²) >= 11 is 5.85. The number of para-hydroxylation sites is 1. The van der Waals surface area contributed by atoms with Gasteiger partial charge in [0.05, 0.1) is 0 Å². The van der Waals surface area contributed by atoms with Gasteiger partial charge in [-0.1, -0.05) is 48.5 Å². The second-order valence-corrected chi connectivity index (χ2v) is 5.03. The molecule has 0 unspecified atom stereocenters. The van der Waals surface area contributed by atoms with Gasteiger partial charge >= 0.3 is 0 Å². The summed E-state index contributed by atoms with van der Waals surface area (Å²) in [6, 6.07) is 21.3. The molecule has 0 atom stereocenters. The van der Waals surface area contributed by atoms with Crippen LogP contribution in [-0.2, 0) is 6.54 Å². The fraction of sp³-hybridized carbons (Fsp3) is 0.176. The molecule has 0 saturated carbocycles. The van der Waals surface area contributed by atoms with Gasteiger partial charge in [0.1, 0.15) is 0 Å². The van der Waals surface area contributed by atoms with Gasteiger partial charge in [-0.3, -0.25) is 0 Å². The number of hydrogen-bond donors (Lipinski definition) is 0. The van der Waals surface area contributed by atoms with Crippen LogP contribution >= 0.6 is 11.6 Å². The van der Waals surface area contributed by atoms with E-state index < -0.39 is 0 Å². The zero-order valence-electron chi connectivity index (χ0n) is 10.7. The van der Waals surface area contributed by atoms with Gasteiger partial charge in [0.25, 0.3) is 0 Å². The second kappa shape index (κ2) is 5.50. The molecule has 0 spiro atoms.